The van der Waals surface area contributed by atoms with Crippen LogP contribution < -0.4 is 10.2 Å². The lowest BCUT2D eigenvalue weighted by Crippen LogP contribution is -2.60. The standard InChI is InChI=1S/C17H18N6O2/c1-23(16-14-15(19-10-18-14)20-11-21-16)7-13(24)22-17(8-25-9-17)12-5-3-2-4-6-12/h2-6,10-11H,7-9H2,1H3,(H,22,24)(H,18,19,20,21). The number of fused-ring (bicyclic) bond motifs is 1. The molecule has 8 nitrogen and oxygen atoms in total. The van der Waals surface area contributed by atoms with Crippen molar-refractivity contribution in [2.75, 3.05) is 31.7 Å². The highest BCUT2D eigenvalue weighted by Crippen LogP contribution is 2.29. The van der Waals surface area contributed by atoms with E-state index in [1.54, 1.807) is 11.2 Å². The van der Waals surface area contributed by atoms with Crippen molar-refractivity contribution in [1.29, 1.82) is 0 Å². The van der Waals surface area contributed by atoms with Gasteiger partial charge in [-0.2, -0.15) is 0 Å². The lowest BCUT2D eigenvalue weighted by Gasteiger charge is -2.42. The van der Waals surface area contributed by atoms with Crippen LogP contribution in [0, 0.1) is 0 Å². The Hall–Kier alpha value is -3.00. The maximum absolute atomic E-state index is 12.6. The molecule has 25 heavy (non-hydrogen) atoms. The maximum atomic E-state index is 12.6. The van der Waals surface area contributed by atoms with E-state index in [4.69, 9.17) is 4.74 Å². The summed E-state index contributed by atoms with van der Waals surface area (Å²) in [6.45, 7) is 1.12. The summed E-state index contributed by atoms with van der Waals surface area (Å²) in [6.07, 6.45) is 3.00. The Bertz CT molecular complexity index is 890. The SMILES string of the molecule is CN(CC(=O)NC1(c2ccccc2)COC1)c1ncnc2nc[nH]c12. The van der Waals surface area contributed by atoms with Crippen LogP contribution in [0.2, 0.25) is 0 Å². The van der Waals surface area contributed by atoms with Gasteiger partial charge in [0.15, 0.2) is 11.5 Å². The van der Waals surface area contributed by atoms with E-state index in [9.17, 15) is 4.79 Å². The van der Waals surface area contributed by atoms with Crippen molar-refractivity contribution in [1.82, 2.24) is 25.3 Å². The molecule has 3 aromatic rings. The first-order chi connectivity index (χ1) is 12.2. The number of amides is 1. The first kappa shape index (κ1) is 15.5. The molecule has 1 saturated heterocycles. The second-order valence-corrected chi connectivity index (χ2v) is 6.14. The Morgan fingerprint density at radius 2 is 2.08 bits per heavy atom. The number of hydrogen-bond donors (Lipinski definition) is 2. The predicted molar refractivity (Wildman–Crippen MR) is 92.0 cm³/mol. The zero-order valence-corrected chi connectivity index (χ0v) is 13.8. The third kappa shape index (κ3) is 2.80. The van der Waals surface area contributed by atoms with Crippen molar-refractivity contribution in [3.05, 3.63) is 48.5 Å². The van der Waals surface area contributed by atoms with Gasteiger partial charge < -0.3 is 19.9 Å². The van der Waals surface area contributed by atoms with Gasteiger partial charge in [-0.05, 0) is 5.56 Å². The molecule has 1 amide bonds. The molecule has 0 radical (unpaired) electrons. The van der Waals surface area contributed by atoms with Crippen LogP contribution in [0.25, 0.3) is 11.2 Å². The van der Waals surface area contributed by atoms with Gasteiger partial charge in [0.1, 0.15) is 17.4 Å². The molecule has 0 saturated carbocycles. The van der Waals surface area contributed by atoms with Crippen LogP contribution in [0.4, 0.5) is 5.82 Å². The lowest BCUT2D eigenvalue weighted by atomic mass is 9.88. The monoisotopic (exact) mass is 338 g/mol. The van der Waals surface area contributed by atoms with E-state index < -0.39 is 5.54 Å². The third-order valence-corrected chi connectivity index (χ3v) is 4.35. The minimum absolute atomic E-state index is 0.0964. The highest BCUT2D eigenvalue weighted by Gasteiger charge is 2.41. The normalized spacial score (nSPS) is 15.6. The first-order valence-electron chi connectivity index (χ1n) is 7.97. The number of carbonyl (C=O) groups excluding carboxylic acids is 1. The largest absolute Gasteiger partial charge is 0.376 e. The molecule has 0 bridgehead atoms. The van der Waals surface area contributed by atoms with Crippen molar-refractivity contribution in [3.8, 4) is 0 Å². The van der Waals surface area contributed by atoms with E-state index in [0.717, 1.165) is 5.56 Å². The number of carbonyl (C=O) groups is 1. The van der Waals surface area contributed by atoms with Crippen LogP contribution in [-0.2, 0) is 15.1 Å². The molecule has 1 fully saturated rings. The third-order valence-electron chi connectivity index (χ3n) is 4.35. The number of ether oxygens (including phenoxy) is 1. The van der Waals surface area contributed by atoms with Gasteiger partial charge in [-0.3, -0.25) is 4.79 Å². The van der Waals surface area contributed by atoms with E-state index in [1.165, 1.54) is 6.33 Å². The molecule has 1 aliphatic rings. The van der Waals surface area contributed by atoms with E-state index in [-0.39, 0.29) is 12.5 Å². The molecule has 0 spiro atoms. The summed E-state index contributed by atoms with van der Waals surface area (Å²) < 4.78 is 5.37. The molecule has 1 aliphatic heterocycles. The summed E-state index contributed by atoms with van der Waals surface area (Å²) in [7, 11) is 1.81. The number of imidazole rings is 1. The molecule has 8 heteroatoms. The number of hydrogen-bond acceptors (Lipinski definition) is 6. The van der Waals surface area contributed by atoms with Gasteiger partial charge in [-0.25, -0.2) is 15.0 Å². The Kier molecular flexibility index (Phi) is 3.81. The van der Waals surface area contributed by atoms with Crippen molar-refractivity contribution >= 4 is 22.9 Å². The van der Waals surface area contributed by atoms with Gasteiger partial charge in [-0.15, -0.1) is 0 Å². The number of rotatable bonds is 5. The summed E-state index contributed by atoms with van der Waals surface area (Å²) >= 11 is 0. The number of anilines is 1. The molecule has 2 N–H and O–H groups in total. The molecule has 0 aliphatic carbocycles. The second kappa shape index (κ2) is 6.14. The van der Waals surface area contributed by atoms with E-state index in [1.807, 2.05) is 37.4 Å². The fourth-order valence-corrected chi connectivity index (χ4v) is 3.01. The zero-order valence-electron chi connectivity index (χ0n) is 13.8. The number of nitrogens with one attached hydrogen (secondary N) is 2. The first-order valence-corrected chi connectivity index (χ1v) is 7.97. The maximum Gasteiger partial charge on any atom is 0.240 e. The molecular weight excluding hydrogens is 320 g/mol. The average Bonchev–Trinajstić information content (AvgIpc) is 3.07. The quantitative estimate of drug-likeness (QED) is 0.715. The van der Waals surface area contributed by atoms with Crippen LogP contribution in [-0.4, -0.2) is 52.6 Å². The summed E-state index contributed by atoms with van der Waals surface area (Å²) in [4.78, 5) is 29.8. The minimum Gasteiger partial charge on any atom is -0.376 e. The molecule has 128 valence electrons. The van der Waals surface area contributed by atoms with Crippen LogP contribution in [0.1, 0.15) is 5.56 Å². The van der Waals surface area contributed by atoms with Crippen molar-refractivity contribution in [2.45, 2.75) is 5.54 Å². The smallest absolute Gasteiger partial charge is 0.240 e. The average molecular weight is 338 g/mol. The van der Waals surface area contributed by atoms with Gasteiger partial charge >= 0.3 is 0 Å². The van der Waals surface area contributed by atoms with E-state index >= 15 is 0 Å². The van der Waals surface area contributed by atoms with Crippen molar-refractivity contribution < 1.29 is 9.53 Å². The number of aromatic nitrogens is 4. The molecule has 2 aromatic heterocycles. The number of aromatic amines is 1. The fraction of sp³-hybridized carbons (Fsp3) is 0.294. The van der Waals surface area contributed by atoms with Gasteiger partial charge in [0.2, 0.25) is 5.91 Å². The Labute approximate surface area is 144 Å². The van der Waals surface area contributed by atoms with Crippen molar-refractivity contribution in [3.63, 3.8) is 0 Å². The Morgan fingerprint density at radius 3 is 2.80 bits per heavy atom. The molecule has 3 heterocycles. The van der Waals surface area contributed by atoms with Crippen LogP contribution in [0.5, 0.6) is 0 Å². The molecular formula is C17H18N6O2. The number of benzene rings is 1. The van der Waals surface area contributed by atoms with Gasteiger partial charge in [0, 0.05) is 7.05 Å². The topological polar surface area (TPSA) is 96.0 Å². The van der Waals surface area contributed by atoms with Crippen molar-refractivity contribution in [2.24, 2.45) is 0 Å². The molecule has 1 aromatic carbocycles. The number of nitrogens with zero attached hydrogens (tertiary/aromatic N) is 4. The highest BCUT2D eigenvalue weighted by molar-refractivity contribution is 5.87. The fourth-order valence-electron chi connectivity index (χ4n) is 3.01. The Balaban J connectivity index is 1.49. The molecule has 0 atom stereocenters. The van der Waals surface area contributed by atoms with E-state index in [2.05, 4.69) is 25.3 Å². The number of likely N-dealkylation sites (N-methyl/N-ethyl adjacent to an activating group) is 1. The van der Waals surface area contributed by atoms with Gasteiger partial charge in [0.05, 0.1) is 26.1 Å². The second-order valence-electron chi connectivity index (χ2n) is 6.14. The minimum atomic E-state index is -0.450. The number of H-pyrrole nitrogens is 1. The predicted octanol–water partition coefficient (Wildman–Crippen LogP) is 0.831. The Morgan fingerprint density at radius 1 is 1.28 bits per heavy atom. The zero-order chi connectivity index (χ0) is 17.3. The van der Waals surface area contributed by atoms with E-state index in [0.29, 0.717) is 30.2 Å². The lowest BCUT2D eigenvalue weighted by molar-refractivity contribution is -0.132. The van der Waals surface area contributed by atoms with Gasteiger partial charge in [0.25, 0.3) is 0 Å². The summed E-state index contributed by atoms with van der Waals surface area (Å²) in [5.41, 5.74) is 1.89. The van der Waals surface area contributed by atoms with Crippen LogP contribution >= 0.6 is 0 Å². The van der Waals surface area contributed by atoms with Crippen LogP contribution in [0.15, 0.2) is 43.0 Å². The summed E-state index contributed by atoms with van der Waals surface area (Å²) in [5, 5.41) is 3.11. The summed E-state index contributed by atoms with van der Waals surface area (Å²) in [6, 6.07) is 9.89. The highest BCUT2D eigenvalue weighted by atomic mass is 16.5. The molecule has 0 unspecified atom stereocenters. The van der Waals surface area contributed by atoms with Gasteiger partial charge in [-0.1, -0.05) is 30.3 Å². The van der Waals surface area contributed by atoms with Crippen LogP contribution in [0.3, 0.4) is 0 Å². The molecule has 4 rings (SSSR count). The summed E-state index contributed by atoms with van der Waals surface area (Å²) in [5.74, 6) is 0.539.